The Morgan fingerprint density at radius 3 is 2.90 bits per heavy atom. The number of hydrogen-bond acceptors (Lipinski definition) is 4. The van der Waals surface area contributed by atoms with E-state index in [9.17, 15) is 9.90 Å². The highest BCUT2D eigenvalue weighted by Gasteiger charge is 2.25. The van der Waals surface area contributed by atoms with Crippen molar-refractivity contribution in [3.8, 4) is 11.5 Å². The summed E-state index contributed by atoms with van der Waals surface area (Å²) in [6, 6.07) is 5.42. The second kappa shape index (κ2) is 5.71. The van der Waals surface area contributed by atoms with Gasteiger partial charge in [0.1, 0.15) is 0 Å². The van der Waals surface area contributed by atoms with Crippen molar-refractivity contribution in [1.82, 2.24) is 5.32 Å². The summed E-state index contributed by atoms with van der Waals surface area (Å²) < 4.78 is 10.5. The Balaban J connectivity index is 1.48. The normalized spacial score (nSPS) is 18.4. The number of benzene rings is 1. The first kappa shape index (κ1) is 13.2. The number of rotatable bonds is 5. The molecular formula is C15H19NO4. The maximum absolute atomic E-state index is 11.7. The Hall–Kier alpha value is -1.75. The molecule has 1 atom stereocenters. The number of amides is 1. The largest absolute Gasteiger partial charge is 0.454 e. The number of nitrogens with one attached hydrogen (secondary N) is 1. The van der Waals surface area contributed by atoms with E-state index >= 15 is 0 Å². The van der Waals surface area contributed by atoms with Crippen LogP contribution in [0.15, 0.2) is 18.2 Å². The van der Waals surface area contributed by atoms with Gasteiger partial charge in [-0.1, -0.05) is 12.5 Å². The zero-order chi connectivity index (χ0) is 13.9. The fraction of sp³-hybridized carbons (Fsp3) is 0.533. The third-order valence-corrected chi connectivity index (χ3v) is 3.97. The summed E-state index contributed by atoms with van der Waals surface area (Å²) in [5, 5.41) is 13.0. The fourth-order valence-corrected chi connectivity index (χ4v) is 2.43. The molecule has 1 aliphatic heterocycles. The van der Waals surface area contributed by atoms with Gasteiger partial charge >= 0.3 is 0 Å². The fourth-order valence-electron chi connectivity index (χ4n) is 2.43. The molecule has 1 unspecified atom stereocenters. The van der Waals surface area contributed by atoms with Gasteiger partial charge in [-0.25, -0.2) is 0 Å². The number of aliphatic hydroxyl groups is 1. The smallest absolute Gasteiger partial charge is 0.231 e. The van der Waals surface area contributed by atoms with Crippen LogP contribution in [0.3, 0.4) is 0 Å². The summed E-state index contributed by atoms with van der Waals surface area (Å²) in [6.07, 6.45) is 3.04. The highest BCUT2D eigenvalue weighted by Crippen LogP contribution is 2.34. The molecule has 1 aromatic carbocycles. The molecule has 0 aromatic heterocycles. The summed E-state index contributed by atoms with van der Waals surface area (Å²) in [5.74, 6) is 1.69. The molecule has 1 saturated carbocycles. The van der Waals surface area contributed by atoms with E-state index < -0.39 is 6.10 Å². The van der Waals surface area contributed by atoms with Crippen molar-refractivity contribution in [2.45, 2.75) is 31.8 Å². The van der Waals surface area contributed by atoms with Crippen molar-refractivity contribution in [3.63, 3.8) is 0 Å². The lowest BCUT2D eigenvalue weighted by molar-refractivity contribution is -0.127. The van der Waals surface area contributed by atoms with Gasteiger partial charge in [-0.05, 0) is 37.0 Å². The van der Waals surface area contributed by atoms with Crippen molar-refractivity contribution in [3.05, 3.63) is 23.8 Å². The molecule has 0 saturated heterocycles. The minimum Gasteiger partial charge on any atom is -0.454 e. The van der Waals surface area contributed by atoms with Crippen molar-refractivity contribution in [2.24, 2.45) is 5.92 Å². The van der Waals surface area contributed by atoms with Crippen LogP contribution in [0.25, 0.3) is 0 Å². The van der Waals surface area contributed by atoms with Crippen LogP contribution in [0.2, 0.25) is 0 Å². The molecule has 1 aliphatic carbocycles. The van der Waals surface area contributed by atoms with Crippen LogP contribution in [-0.4, -0.2) is 24.4 Å². The molecule has 20 heavy (non-hydrogen) atoms. The van der Waals surface area contributed by atoms with Gasteiger partial charge in [0.2, 0.25) is 12.7 Å². The van der Waals surface area contributed by atoms with Gasteiger partial charge in [0, 0.05) is 12.5 Å². The first-order valence-corrected chi connectivity index (χ1v) is 7.09. The Morgan fingerprint density at radius 2 is 2.15 bits per heavy atom. The standard InChI is InChI=1S/C15H19NO4/c17-12(6-7-16-15(18)10-2-1-3-10)11-4-5-13-14(8-11)20-9-19-13/h4-5,8,10,12,17H,1-3,6-7,9H2,(H,16,18). The summed E-state index contributed by atoms with van der Waals surface area (Å²) >= 11 is 0. The van der Waals surface area contributed by atoms with Gasteiger partial charge in [-0.2, -0.15) is 0 Å². The van der Waals surface area contributed by atoms with Crippen LogP contribution in [0, 0.1) is 5.92 Å². The van der Waals surface area contributed by atoms with Crippen LogP contribution < -0.4 is 14.8 Å². The second-order valence-electron chi connectivity index (χ2n) is 5.34. The Morgan fingerprint density at radius 1 is 1.35 bits per heavy atom. The molecule has 5 heteroatoms. The molecule has 1 heterocycles. The number of carbonyl (C=O) groups excluding carboxylic acids is 1. The van der Waals surface area contributed by atoms with E-state index in [1.807, 2.05) is 6.07 Å². The monoisotopic (exact) mass is 277 g/mol. The summed E-state index contributed by atoms with van der Waals surface area (Å²) in [6.45, 7) is 0.720. The van der Waals surface area contributed by atoms with Crippen LogP contribution in [0.4, 0.5) is 0 Å². The van der Waals surface area contributed by atoms with E-state index in [-0.39, 0.29) is 18.6 Å². The number of ether oxygens (including phenoxy) is 2. The highest BCUT2D eigenvalue weighted by molar-refractivity contribution is 5.79. The molecule has 3 rings (SSSR count). The van der Waals surface area contributed by atoms with E-state index in [1.165, 1.54) is 0 Å². The van der Waals surface area contributed by atoms with Gasteiger partial charge in [-0.15, -0.1) is 0 Å². The lowest BCUT2D eigenvalue weighted by Gasteiger charge is -2.24. The van der Waals surface area contributed by atoms with E-state index in [0.717, 1.165) is 24.8 Å². The SMILES string of the molecule is O=C(NCCC(O)c1ccc2c(c1)OCO2)C1CCC1. The molecule has 0 spiro atoms. The molecule has 0 bridgehead atoms. The Bertz CT molecular complexity index is 499. The van der Waals surface area contributed by atoms with Gasteiger partial charge in [0.25, 0.3) is 0 Å². The number of fused-ring (bicyclic) bond motifs is 1. The average Bonchev–Trinajstić information content (AvgIpc) is 2.83. The second-order valence-corrected chi connectivity index (χ2v) is 5.34. The third kappa shape index (κ3) is 2.72. The highest BCUT2D eigenvalue weighted by atomic mass is 16.7. The molecule has 108 valence electrons. The Labute approximate surface area is 117 Å². The summed E-state index contributed by atoms with van der Waals surface area (Å²) in [7, 11) is 0. The van der Waals surface area contributed by atoms with Crippen LogP contribution >= 0.6 is 0 Å². The molecule has 0 radical (unpaired) electrons. The minimum absolute atomic E-state index is 0.120. The number of aliphatic hydroxyl groups excluding tert-OH is 1. The van der Waals surface area contributed by atoms with E-state index in [4.69, 9.17) is 9.47 Å². The van der Waals surface area contributed by atoms with Crippen molar-refractivity contribution < 1.29 is 19.4 Å². The van der Waals surface area contributed by atoms with Gasteiger partial charge in [-0.3, -0.25) is 4.79 Å². The van der Waals surface area contributed by atoms with Gasteiger partial charge < -0.3 is 19.9 Å². The van der Waals surface area contributed by atoms with Crippen molar-refractivity contribution >= 4 is 5.91 Å². The van der Waals surface area contributed by atoms with Crippen molar-refractivity contribution in [2.75, 3.05) is 13.3 Å². The topological polar surface area (TPSA) is 67.8 Å². The first-order valence-electron chi connectivity index (χ1n) is 7.09. The zero-order valence-electron chi connectivity index (χ0n) is 11.3. The lowest BCUT2D eigenvalue weighted by Crippen LogP contribution is -2.35. The predicted molar refractivity (Wildman–Crippen MR) is 72.5 cm³/mol. The minimum atomic E-state index is -0.605. The lowest BCUT2D eigenvalue weighted by atomic mass is 9.85. The molecular weight excluding hydrogens is 258 g/mol. The maximum Gasteiger partial charge on any atom is 0.231 e. The summed E-state index contributed by atoms with van der Waals surface area (Å²) in [4.78, 5) is 11.7. The van der Waals surface area contributed by atoms with Crippen molar-refractivity contribution in [1.29, 1.82) is 0 Å². The molecule has 2 aliphatic rings. The molecule has 1 fully saturated rings. The van der Waals surface area contributed by atoms with E-state index in [1.54, 1.807) is 12.1 Å². The molecule has 2 N–H and O–H groups in total. The quantitative estimate of drug-likeness (QED) is 0.860. The third-order valence-electron chi connectivity index (χ3n) is 3.97. The molecule has 1 aromatic rings. The molecule has 1 amide bonds. The Kier molecular flexibility index (Phi) is 3.78. The van der Waals surface area contributed by atoms with Crippen LogP contribution in [0.1, 0.15) is 37.4 Å². The maximum atomic E-state index is 11.7. The van der Waals surface area contributed by atoms with E-state index in [0.29, 0.717) is 24.5 Å². The first-order chi connectivity index (χ1) is 9.74. The van der Waals surface area contributed by atoms with Gasteiger partial charge in [0.15, 0.2) is 11.5 Å². The summed E-state index contributed by atoms with van der Waals surface area (Å²) in [5.41, 5.74) is 0.784. The predicted octanol–water partition coefficient (Wildman–Crippen LogP) is 1.76. The number of carbonyl (C=O) groups is 1. The van der Waals surface area contributed by atoms with Crippen LogP contribution in [-0.2, 0) is 4.79 Å². The van der Waals surface area contributed by atoms with Crippen LogP contribution in [0.5, 0.6) is 11.5 Å². The molecule has 5 nitrogen and oxygen atoms in total. The van der Waals surface area contributed by atoms with Gasteiger partial charge in [0.05, 0.1) is 6.10 Å². The average molecular weight is 277 g/mol. The zero-order valence-corrected chi connectivity index (χ0v) is 11.3. The van der Waals surface area contributed by atoms with E-state index in [2.05, 4.69) is 5.32 Å². The number of hydrogen-bond donors (Lipinski definition) is 2.